The average molecular weight is 394 g/mol. The van der Waals surface area contributed by atoms with Crippen molar-refractivity contribution in [2.75, 3.05) is 0 Å². The predicted molar refractivity (Wildman–Crippen MR) is 113 cm³/mol. The number of pyridine rings is 1. The molecule has 1 amide bonds. The molecule has 1 aliphatic carbocycles. The first-order valence-corrected chi connectivity index (χ1v) is 10.8. The second kappa shape index (κ2) is 8.39. The summed E-state index contributed by atoms with van der Waals surface area (Å²) in [5.41, 5.74) is 0.697. The molecule has 0 bridgehead atoms. The Hall–Kier alpha value is -2.63. The van der Waals surface area contributed by atoms with Gasteiger partial charge in [0.25, 0.3) is 0 Å². The van der Waals surface area contributed by atoms with Crippen LogP contribution in [0.4, 0.5) is 0 Å². The van der Waals surface area contributed by atoms with Gasteiger partial charge in [-0.15, -0.1) is 10.2 Å². The van der Waals surface area contributed by atoms with E-state index in [0.717, 1.165) is 30.7 Å². The highest BCUT2D eigenvalue weighted by Crippen LogP contribution is 2.38. The average Bonchev–Trinajstić information content (AvgIpc) is 3.38. The van der Waals surface area contributed by atoms with Gasteiger partial charge in [-0.3, -0.25) is 9.20 Å². The molecule has 4 rings (SSSR count). The molecule has 3 aromatic rings. The Morgan fingerprint density at radius 2 is 1.79 bits per heavy atom. The zero-order chi connectivity index (χ0) is 20.3. The van der Waals surface area contributed by atoms with E-state index in [1.165, 1.54) is 19.3 Å². The van der Waals surface area contributed by atoms with Gasteiger partial charge in [-0.2, -0.15) is 0 Å². The van der Waals surface area contributed by atoms with Crippen LogP contribution in [-0.2, 0) is 10.3 Å². The fraction of sp³-hybridized carbons (Fsp3) is 0.522. The number of hydrogen-bond donors (Lipinski definition) is 1. The van der Waals surface area contributed by atoms with Crippen molar-refractivity contribution in [1.29, 1.82) is 0 Å². The van der Waals surface area contributed by atoms with E-state index in [2.05, 4.69) is 58.5 Å². The molecule has 1 fully saturated rings. The van der Waals surface area contributed by atoms with E-state index in [4.69, 9.17) is 0 Å². The first kappa shape index (κ1) is 19.7. The van der Waals surface area contributed by atoms with Crippen molar-refractivity contribution in [3.8, 4) is 0 Å². The van der Waals surface area contributed by atoms with Crippen molar-refractivity contribution in [2.24, 2.45) is 5.92 Å². The lowest BCUT2D eigenvalue weighted by Crippen LogP contribution is -2.42. The molecule has 6 heteroatoms. The zero-order valence-electron chi connectivity index (χ0n) is 17.4. The Bertz CT molecular complexity index is 937. The number of nitrogens with one attached hydrogen (secondary N) is 1. The fourth-order valence-electron chi connectivity index (χ4n) is 4.73. The largest absolute Gasteiger partial charge is 0.348 e. The quantitative estimate of drug-likeness (QED) is 0.643. The molecule has 1 unspecified atom stereocenters. The van der Waals surface area contributed by atoms with Crippen LogP contribution in [0.2, 0.25) is 0 Å². The summed E-state index contributed by atoms with van der Waals surface area (Å²) in [7, 11) is 0. The van der Waals surface area contributed by atoms with E-state index in [9.17, 15) is 4.79 Å². The molecule has 3 aromatic heterocycles. The third-order valence-corrected chi connectivity index (χ3v) is 6.12. The van der Waals surface area contributed by atoms with Gasteiger partial charge >= 0.3 is 0 Å². The van der Waals surface area contributed by atoms with E-state index < -0.39 is 0 Å². The first-order valence-electron chi connectivity index (χ1n) is 10.8. The van der Waals surface area contributed by atoms with Crippen LogP contribution in [0.3, 0.4) is 0 Å². The summed E-state index contributed by atoms with van der Waals surface area (Å²) >= 11 is 0. The third-order valence-electron chi connectivity index (χ3n) is 6.12. The number of carbonyl (C=O) groups excluding carboxylic acids is 1. The van der Waals surface area contributed by atoms with Gasteiger partial charge in [-0.25, -0.2) is 0 Å². The number of carbonyl (C=O) groups is 1. The number of rotatable bonds is 7. The van der Waals surface area contributed by atoms with Gasteiger partial charge in [0.1, 0.15) is 0 Å². The molecular weight excluding hydrogens is 362 g/mol. The molecule has 3 heterocycles. The molecular formula is C23H31N5O. The Kier molecular flexibility index (Phi) is 5.69. The maximum absolute atomic E-state index is 13.3. The van der Waals surface area contributed by atoms with Gasteiger partial charge in [0.2, 0.25) is 5.91 Å². The lowest BCUT2D eigenvalue weighted by Gasteiger charge is -2.39. The molecule has 154 valence electrons. The van der Waals surface area contributed by atoms with E-state index in [1.54, 1.807) is 0 Å². The summed E-state index contributed by atoms with van der Waals surface area (Å²) in [5.74, 6) is 1.34. The van der Waals surface area contributed by atoms with Crippen LogP contribution >= 0.6 is 0 Å². The van der Waals surface area contributed by atoms with Crippen molar-refractivity contribution in [1.82, 2.24) is 24.5 Å². The van der Waals surface area contributed by atoms with Crippen LogP contribution in [0.5, 0.6) is 0 Å². The molecule has 0 saturated heterocycles. The van der Waals surface area contributed by atoms with Crippen molar-refractivity contribution in [3.05, 3.63) is 54.7 Å². The summed E-state index contributed by atoms with van der Waals surface area (Å²) in [6.45, 7) is 4.34. The van der Waals surface area contributed by atoms with Crippen molar-refractivity contribution >= 4 is 11.6 Å². The van der Waals surface area contributed by atoms with Gasteiger partial charge in [0.15, 0.2) is 11.5 Å². The normalized spacial score (nSPS) is 17.5. The minimum atomic E-state index is -0.148. The van der Waals surface area contributed by atoms with Crippen LogP contribution < -0.4 is 5.32 Å². The summed E-state index contributed by atoms with van der Waals surface area (Å²) in [4.78, 5) is 13.3. The van der Waals surface area contributed by atoms with Crippen LogP contribution in [0.1, 0.15) is 70.7 Å². The first-order chi connectivity index (χ1) is 14.1. The maximum Gasteiger partial charge on any atom is 0.222 e. The zero-order valence-corrected chi connectivity index (χ0v) is 17.4. The molecule has 1 atom stereocenters. The lowest BCUT2D eigenvalue weighted by molar-refractivity contribution is -0.124. The highest BCUT2D eigenvalue weighted by molar-refractivity contribution is 5.77. The summed E-state index contributed by atoms with van der Waals surface area (Å²) in [6, 6.07) is 9.82. The van der Waals surface area contributed by atoms with E-state index in [0.29, 0.717) is 12.3 Å². The highest BCUT2D eigenvalue weighted by Gasteiger charge is 2.36. The smallest absolute Gasteiger partial charge is 0.222 e. The summed E-state index contributed by atoms with van der Waals surface area (Å²) in [5, 5.41) is 12.0. The Labute approximate surface area is 172 Å². The van der Waals surface area contributed by atoms with Crippen LogP contribution in [0, 0.1) is 5.92 Å². The monoisotopic (exact) mass is 393 g/mol. The molecule has 6 nitrogen and oxygen atoms in total. The number of aromatic nitrogens is 4. The second-order valence-electron chi connectivity index (χ2n) is 8.79. The SMILES string of the molecule is CC(C)CC(NC(=O)CC1(n2cccc2)CCCCC1)c1nnc2ccccn12. The summed E-state index contributed by atoms with van der Waals surface area (Å²) in [6.07, 6.45) is 13.2. The van der Waals surface area contributed by atoms with E-state index in [-0.39, 0.29) is 17.5 Å². The molecule has 1 aliphatic rings. The van der Waals surface area contributed by atoms with Crippen LogP contribution in [0.15, 0.2) is 48.9 Å². The van der Waals surface area contributed by atoms with Crippen LogP contribution in [-0.4, -0.2) is 25.1 Å². The van der Waals surface area contributed by atoms with Gasteiger partial charge in [-0.1, -0.05) is 39.2 Å². The Morgan fingerprint density at radius 3 is 2.52 bits per heavy atom. The van der Waals surface area contributed by atoms with Crippen molar-refractivity contribution < 1.29 is 4.79 Å². The predicted octanol–water partition coefficient (Wildman–Crippen LogP) is 4.48. The molecule has 0 radical (unpaired) electrons. The Morgan fingerprint density at radius 1 is 1.07 bits per heavy atom. The Balaban J connectivity index is 1.56. The molecule has 0 spiro atoms. The number of nitrogens with zero attached hydrogens (tertiary/aromatic N) is 4. The number of fused-ring (bicyclic) bond motifs is 1. The molecule has 1 saturated carbocycles. The number of amides is 1. The van der Waals surface area contributed by atoms with Gasteiger partial charge in [0.05, 0.1) is 18.0 Å². The van der Waals surface area contributed by atoms with Gasteiger partial charge < -0.3 is 9.88 Å². The minimum Gasteiger partial charge on any atom is -0.348 e. The minimum absolute atomic E-state index is 0.0962. The molecule has 0 aromatic carbocycles. The topological polar surface area (TPSA) is 64.2 Å². The molecule has 0 aliphatic heterocycles. The third kappa shape index (κ3) is 4.21. The van der Waals surface area contributed by atoms with Crippen molar-refractivity contribution in [3.63, 3.8) is 0 Å². The second-order valence-corrected chi connectivity index (χ2v) is 8.79. The number of hydrogen-bond acceptors (Lipinski definition) is 3. The highest BCUT2D eigenvalue weighted by atomic mass is 16.1. The lowest BCUT2D eigenvalue weighted by atomic mass is 9.78. The van der Waals surface area contributed by atoms with E-state index >= 15 is 0 Å². The van der Waals surface area contributed by atoms with E-state index in [1.807, 2.05) is 28.8 Å². The van der Waals surface area contributed by atoms with Crippen LogP contribution in [0.25, 0.3) is 5.65 Å². The van der Waals surface area contributed by atoms with Gasteiger partial charge in [0, 0.05) is 18.6 Å². The van der Waals surface area contributed by atoms with Gasteiger partial charge in [-0.05, 0) is 49.4 Å². The maximum atomic E-state index is 13.3. The molecule has 1 N–H and O–H groups in total. The molecule has 29 heavy (non-hydrogen) atoms. The fourth-order valence-corrected chi connectivity index (χ4v) is 4.73. The van der Waals surface area contributed by atoms with Crippen molar-refractivity contribution in [2.45, 2.75) is 70.4 Å². The standard InChI is InChI=1S/C23H31N5O/c1-18(2)16-19(22-26-25-20-10-4-7-15-28(20)22)24-21(29)17-23(11-5-3-6-12-23)27-13-8-9-14-27/h4,7-10,13-15,18-19H,3,5-6,11-12,16-17H2,1-2H3,(H,24,29). The summed E-state index contributed by atoms with van der Waals surface area (Å²) < 4.78 is 4.24.